The molecule has 0 spiro atoms. The van der Waals surface area contributed by atoms with Crippen molar-refractivity contribution < 1.29 is 4.39 Å². The third-order valence-corrected chi connectivity index (χ3v) is 4.85. The second-order valence-electron chi connectivity index (χ2n) is 6.35. The molecule has 0 aromatic heterocycles. The zero-order valence-corrected chi connectivity index (χ0v) is 12.4. The Bertz CT molecular complexity index is 454. The van der Waals surface area contributed by atoms with Crippen LogP contribution in [0.3, 0.4) is 0 Å². The largest absolute Gasteiger partial charge is 0.299 e. The van der Waals surface area contributed by atoms with Crippen molar-refractivity contribution in [3.05, 3.63) is 35.1 Å². The lowest BCUT2D eigenvalue weighted by Gasteiger charge is -2.32. The summed E-state index contributed by atoms with van der Waals surface area (Å²) in [6.45, 7) is 7.91. The van der Waals surface area contributed by atoms with Gasteiger partial charge in [-0.25, -0.2) is 4.39 Å². The van der Waals surface area contributed by atoms with E-state index in [4.69, 9.17) is 0 Å². The molecule has 2 aliphatic heterocycles. The summed E-state index contributed by atoms with van der Waals surface area (Å²) in [4.78, 5) is 5.21. The Kier molecular flexibility index (Phi) is 4.37. The Labute approximate surface area is 121 Å². The van der Waals surface area contributed by atoms with Gasteiger partial charge in [0.1, 0.15) is 5.82 Å². The number of benzene rings is 1. The molecular formula is C17H25FN2. The number of halogens is 1. The Balaban J connectivity index is 1.57. The summed E-state index contributed by atoms with van der Waals surface area (Å²) >= 11 is 0. The minimum atomic E-state index is -0.126. The van der Waals surface area contributed by atoms with Crippen LogP contribution in [0.5, 0.6) is 0 Å². The third-order valence-electron chi connectivity index (χ3n) is 4.85. The fourth-order valence-corrected chi connectivity index (χ4v) is 3.61. The summed E-state index contributed by atoms with van der Waals surface area (Å²) in [5.41, 5.74) is 2.34. The molecule has 1 aromatic rings. The number of piperidine rings is 1. The number of nitrogens with zero attached hydrogens (tertiary/aromatic N) is 2. The number of hydrogen-bond donors (Lipinski definition) is 0. The minimum Gasteiger partial charge on any atom is -0.299 e. The molecule has 3 rings (SSSR count). The first-order valence-electron chi connectivity index (χ1n) is 7.94. The van der Waals surface area contributed by atoms with E-state index in [9.17, 15) is 4.39 Å². The minimum absolute atomic E-state index is 0.126. The van der Waals surface area contributed by atoms with Crippen LogP contribution < -0.4 is 0 Å². The summed E-state index contributed by atoms with van der Waals surface area (Å²) in [5.74, 6) is -0.126. The van der Waals surface area contributed by atoms with E-state index in [0.717, 1.165) is 18.2 Å². The number of likely N-dealkylation sites (tertiary alicyclic amines) is 2. The van der Waals surface area contributed by atoms with Gasteiger partial charge in [0.25, 0.3) is 0 Å². The second kappa shape index (κ2) is 6.23. The number of rotatable bonds is 3. The van der Waals surface area contributed by atoms with Crippen LogP contribution in [0.1, 0.15) is 36.8 Å². The van der Waals surface area contributed by atoms with E-state index in [1.807, 2.05) is 13.0 Å². The fraction of sp³-hybridized carbons (Fsp3) is 0.647. The van der Waals surface area contributed by atoms with Gasteiger partial charge in [-0.1, -0.05) is 12.5 Å². The molecule has 0 radical (unpaired) electrons. The van der Waals surface area contributed by atoms with Crippen molar-refractivity contribution >= 4 is 0 Å². The first-order valence-corrected chi connectivity index (χ1v) is 7.94. The molecule has 0 bridgehead atoms. The molecule has 110 valence electrons. The molecule has 2 nitrogen and oxygen atoms in total. The molecular weight excluding hydrogens is 251 g/mol. The topological polar surface area (TPSA) is 6.48 Å². The highest BCUT2D eigenvalue weighted by atomic mass is 19.1. The summed E-state index contributed by atoms with van der Waals surface area (Å²) < 4.78 is 13.1. The quantitative estimate of drug-likeness (QED) is 0.836. The number of aryl methyl sites for hydroxylation is 1. The van der Waals surface area contributed by atoms with Gasteiger partial charge >= 0.3 is 0 Å². The maximum Gasteiger partial charge on any atom is 0.123 e. The van der Waals surface area contributed by atoms with Gasteiger partial charge in [-0.05, 0) is 62.5 Å². The van der Waals surface area contributed by atoms with Gasteiger partial charge in [-0.3, -0.25) is 9.80 Å². The SMILES string of the molecule is Cc1cc(F)ccc1CN1CC[C@@H](N2CCCCC2)C1. The molecule has 2 fully saturated rings. The van der Waals surface area contributed by atoms with Gasteiger partial charge in [0.05, 0.1) is 0 Å². The highest BCUT2D eigenvalue weighted by Crippen LogP contribution is 2.22. The maximum absolute atomic E-state index is 13.1. The third kappa shape index (κ3) is 3.21. The smallest absolute Gasteiger partial charge is 0.123 e. The first-order chi connectivity index (χ1) is 9.72. The number of hydrogen-bond acceptors (Lipinski definition) is 2. The molecule has 2 saturated heterocycles. The van der Waals surface area contributed by atoms with E-state index in [-0.39, 0.29) is 5.82 Å². The lowest BCUT2D eigenvalue weighted by molar-refractivity contribution is 0.161. The first kappa shape index (κ1) is 14.0. The van der Waals surface area contributed by atoms with Crippen molar-refractivity contribution in [1.82, 2.24) is 9.80 Å². The van der Waals surface area contributed by atoms with E-state index < -0.39 is 0 Å². The normalized spacial score (nSPS) is 25.2. The van der Waals surface area contributed by atoms with Crippen LogP contribution >= 0.6 is 0 Å². The lowest BCUT2D eigenvalue weighted by Crippen LogP contribution is -2.40. The monoisotopic (exact) mass is 276 g/mol. The molecule has 2 heterocycles. The van der Waals surface area contributed by atoms with Crippen molar-refractivity contribution in [2.24, 2.45) is 0 Å². The molecule has 0 saturated carbocycles. The molecule has 3 heteroatoms. The second-order valence-corrected chi connectivity index (χ2v) is 6.35. The van der Waals surface area contributed by atoms with Crippen LogP contribution in [0.4, 0.5) is 4.39 Å². The predicted octanol–water partition coefficient (Wildman–Crippen LogP) is 3.19. The van der Waals surface area contributed by atoms with E-state index in [1.165, 1.54) is 57.4 Å². The van der Waals surface area contributed by atoms with E-state index in [1.54, 1.807) is 12.1 Å². The highest BCUT2D eigenvalue weighted by Gasteiger charge is 2.28. The molecule has 1 aromatic carbocycles. The van der Waals surface area contributed by atoms with Crippen LogP contribution in [0, 0.1) is 12.7 Å². The van der Waals surface area contributed by atoms with Gasteiger partial charge in [-0.15, -0.1) is 0 Å². The standard InChI is InChI=1S/C17H25FN2/c1-14-11-16(18)6-5-15(14)12-19-10-7-17(13-19)20-8-3-2-4-9-20/h5-6,11,17H,2-4,7-10,12-13H2,1H3/t17-/m1/s1. The molecule has 0 N–H and O–H groups in total. The average Bonchev–Trinajstić information content (AvgIpc) is 2.92. The van der Waals surface area contributed by atoms with Crippen LogP contribution in [-0.2, 0) is 6.54 Å². The van der Waals surface area contributed by atoms with Gasteiger partial charge in [0, 0.05) is 25.7 Å². The van der Waals surface area contributed by atoms with Crippen molar-refractivity contribution in [3.8, 4) is 0 Å². The average molecular weight is 276 g/mol. The van der Waals surface area contributed by atoms with Gasteiger partial charge in [0.2, 0.25) is 0 Å². The Hall–Kier alpha value is -0.930. The molecule has 20 heavy (non-hydrogen) atoms. The van der Waals surface area contributed by atoms with Gasteiger partial charge < -0.3 is 0 Å². The van der Waals surface area contributed by atoms with Crippen molar-refractivity contribution in [2.45, 2.75) is 45.2 Å². The van der Waals surface area contributed by atoms with Crippen molar-refractivity contribution in [3.63, 3.8) is 0 Å². The summed E-state index contributed by atoms with van der Waals surface area (Å²) in [5, 5.41) is 0. The highest BCUT2D eigenvalue weighted by molar-refractivity contribution is 5.26. The van der Waals surface area contributed by atoms with E-state index in [2.05, 4.69) is 9.80 Å². The van der Waals surface area contributed by atoms with Crippen LogP contribution in [0.25, 0.3) is 0 Å². The summed E-state index contributed by atoms with van der Waals surface area (Å²) in [6, 6.07) is 5.92. The van der Waals surface area contributed by atoms with Crippen LogP contribution in [0.15, 0.2) is 18.2 Å². The summed E-state index contributed by atoms with van der Waals surface area (Å²) in [6.07, 6.45) is 5.43. The van der Waals surface area contributed by atoms with Gasteiger partial charge in [-0.2, -0.15) is 0 Å². The molecule has 0 unspecified atom stereocenters. The van der Waals surface area contributed by atoms with Crippen molar-refractivity contribution in [2.75, 3.05) is 26.2 Å². The Morgan fingerprint density at radius 3 is 2.70 bits per heavy atom. The fourth-order valence-electron chi connectivity index (χ4n) is 3.61. The van der Waals surface area contributed by atoms with Crippen LogP contribution in [-0.4, -0.2) is 42.0 Å². The molecule has 0 amide bonds. The molecule has 0 aliphatic carbocycles. The molecule has 2 aliphatic rings. The van der Waals surface area contributed by atoms with E-state index in [0.29, 0.717) is 0 Å². The van der Waals surface area contributed by atoms with Gasteiger partial charge in [0.15, 0.2) is 0 Å². The lowest BCUT2D eigenvalue weighted by atomic mass is 10.1. The maximum atomic E-state index is 13.1. The van der Waals surface area contributed by atoms with Crippen molar-refractivity contribution in [1.29, 1.82) is 0 Å². The van der Waals surface area contributed by atoms with E-state index >= 15 is 0 Å². The zero-order chi connectivity index (χ0) is 13.9. The Morgan fingerprint density at radius 2 is 1.95 bits per heavy atom. The molecule has 1 atom stereocenters. The Morgan fingerprint density at radius 1 is 1.15 bits per heavy atom. The zero-order valence-electron chi connectivity index (χ0n) is 12.4. The van der Waals surface area contributed by atoms with Crippen LogP contribution in [0.2, 0.25) is 0 Å². The predicted molar refractivity (Wildman–Crippen MR) is 80.2 cm³/mol. The summed E-state index contributed by atoms with van der Waals surface area (Å²) in [7, 11) is 0.